The van der Waals surface area contributed by atoms with Gasteiger partial charge in [-0.05, 0) is 24.5 Å². The zero-order valence-corrected chi connectivity index (χ0v) is 10.6. The van der Waals surface area contributed by atoms with E-state index in [2.05, 4.69) is 0 Å². The van der Waals surface area contributed by atoms with Crippen LogP contribution in [0, 0.1) is 23.1 Å². The van der Waals surface area contributed by atoms with Gasteiger partial charge < -0.3 is 10.8 Å². The molecule has 0 heterocycles. The van der Waals surface area contributed by atoms with Gasteiger partial charge in [0.25, 0.3) is 0 Å². The highest BCUT2D eigenvalue weighted by molar-refractivity contribution is 5.85. The summed E-state index contributed by atoms with van der Waals surface area (Å²) < 4.78 is 13.3. The zero-order chi connectivity index (χ0) is 12.3. The zero-order valence-electron chi connectivity index (χ0n) is 9.77. The number of aromatic hydroxyl groups is 1. The summed E-state index contributed by atoms with van der Waals surface area (Å²) in [7, 11) is 0. The molecule has 94 valence electrons. The molecule has 3 N–H and O–H groups in total. The van der Waals surface area contributed by atoms with E-state index in [1.165, 1.54) is 6.07 Å². The van der Waals surface area contributed by atoms with Crippen LogP contribution in [0.1, 0.15) is 37.4 Å². The van der Waals surface area contributed by atoms with Crippen molar-refractivity contribution in [1.29, 1.82) is 5.26 Å². The molecule has 3 nitrogen and oxygen atoms in total. The highest BCUT2D eigenvalue weighted by atomic mass is 35.5. The van der Waals surface area contributed by atoms with Gasteiger partial charge in [0.2, 0.25) is 0 Å². The maximum absolute atomic E-state index is 13.3. The van der Waals surface area contributed by atoms with Gasteiger partial charge in [0.1, 0.15) is 0 Å². The summed E-state index contributed by atoms with van der Waals surface area (Å²) in [6.07, 6.45) is 0.627. The number of phenols is 1. The minimum Gasteiger partial charge on any atom is -0.505 e. The van der Waals surface area contributed by atoms with E-state index in [0.717, 1.165) is 6.07 Å². The number of phenolic OH excluding ortho intramolecular Hbond substituents is 1. The molecule has 0 aliphatic carbocycles. The van der Waals surface area contributed by atoms with Crippen LogP contribution in [0.2, 0.25) is 0 Å². The number of hydrogen-bond acceptors (Lipinski definition) is 3. The molecule has 17 heavy (non-hydrogen) atoms. The van der Waals surface area contributed by atoms with Crippen LogP contribution in [0.15, 0.2) is 12.1 Å². The van der Waals surface area contributed by atoms with Crippen molar-refractivity contribution in [2.45, 2.75) is 26.3 Å². The van der Waals surface area contributed by atoms with Crippen LogP contribution in [0.4, 0.5) is 4.39 Å². The highest BCUT2D eigenvalue weighted by Gasteiger charge is 2.17. The Morgan fingerprint density at radius 2 is 2.06 bits per heavy atom. The minimum atomic E-state index is -0.798. The number of benzene rings is 1. The molecule has 0 spiro atoms. The predicted molar refractivity (Wildman–Crippen MR) is 66.4 cm³/mol. The van der Waals surface area contributed by atoms with Crippen LogP contribution >= 0.6 is 12.4 Å². The first-order valence-electron chi connectivity index (χ1n) is 5.13. The number of nitriles is 1. The Bertz CT molecular complexity index is 429. The Morgan fingerprint density at radius 1 is 1.47 bits per heavy atom. The van der Waals surface area contributed by atoms with Gasteiger partial charge >= 0.3 is 0 Å². The van der Waals surface area contributed by atoms with Gasteiger partial charge in [0, 0.05) is 11.6 Å². The first-order valence-corrected chi connectivity index (χ1v) is 5.13. The van der Waals surface area contributed by atoms with Crippen molar-refractivity contribution in [3.63, 3.8) is 0 Å². The summed E-state index contributed by atoms with van der Waals surface area (Å²) in [5.41, 5.74) is 6.32. The molecule has 1 atom stereocenters. The SMILES string of the molecule is CC(C)C[C@@H](N)c1cc(C#N)cc(F)c1O.Cl. The van der Waals surface area contributed by atoms with Crippen LogP contribution in [0.3, 0.4) is 0 Å². The second kappa shape index (κ2) is 6.43. The molecule has 0 saturated carbocycles. The third kappa shape index (κ3) is 3.88. The van der Waals surface area contributed by atoms with Crippen molar-refractivity contribution in [3.8, 4) is 11.8 Å². The molecule has 1 aromatic rings. The summed E-state index contributed by atoms with van der Waals surface area (Å²) in [6.45, 7) is 3.98. The standard InChI is InChI=1S/C12H15FN2O.ClH/c1-7(2)3-11(15)9-4-8(6-14)5-10(13)12(9)16;/h4-5,7,11,16H,3,15H2,1-2H3;1H/t11-;/m1./s1. The largest absolute Gasteiger partial charge is 0.505 e. The fourth-order valence-electron chi connectivity index (χ4n) is 1.60. The van der Waals surface area contributed by atoms with E-state index in [0.29, 0.717) is 17.9 Å². The molecule has 1 aromatic carbocycles. The summed E-state index contributed by atoms with van der Waals surface area (Å²) in [5.74, 6) is -0.913. The Morgan fingerprint density at radius 3 is 2.53 bits per heavy atom. The van der Waals surface area contributed by atoms with E-state index < -0.39 is 17.6 Å². The van der Waals surface area contributed by atoms with E-state index in [4.69, 9.17) is 11.0 Å². The first kappa shape index (κ1) is 15.7. The van der Waals surface area contributed by atoms with Crippen molar-refractivity contribution in [2.75, 3.05) is 0 Å². The number of nitrogens with zero attached hydrogens (tertiary/aromatic N) is 1. The topological polar surface area (TPSA) is 70.0 Å². The molecule has 0 unspecified atom stereocenters. The molecular formula is C12H16ClFN2O. The highest BCUT2D eigenvalue weighted by Crippen LogP contribution is 2.30. The second-order valence-electron chi connectivity index (χ2n) is 4.24. The maximum atomic E-state index is 13.3. The van der Waals surface area contributed by atoms with Crippen molar-refractivity contribution >= 4 is 12.4 Å². The van der Waals surface area contributed by atoms with Gasteiger partial charge in [-0.3, -0.25) is 0 Å². The van der Waals surface area contributed by atoms with Crippen LogP contribution in [-0.2, 0) is 0 Å². The lowest BCUT2D eigenvalue weighted by molar-refractivity contribution is 0.411. The predicted octanol–water partition coefficient (Wildman–Crippen LogP) is 2.87. The van der Waals surface area contributed by atoms with Gasteiger partial charge in [-0.15, -0.1) is 12.4 Å². The quantitative estimate of drug-likeness (QED) is 0.876. The van der Waals surface area contributed by atoms with E-state index in [9.17, 15) is 9.50 Å². The van der Waals surface area contributed by atoms with Gasteiger partial charge in [0.05, 0.1) is 11.6 Å². The number of hydrogen-bond donors (Lipinski definition) is 2. The van der Waals surface area contributed by atoms with Crippen molar-refractivity contribution < 1.29 is 9.50 Å². The Balaban J connectivity index is 0.00000256. The Labute approximate surface area is 106 Å². The fraction of sp³-hybridized carbons (Fsp3) is 0.417. The monoisotopic (exact) mass is 258 g/mol. The van der Waals surface area contributed by atoms with E-state index in [-0.39, 0.29) is 18.0 Å². The molecule has 0 fully saturated rings. The average Bonchev–Trinajstić information content (AvgIpc) is 2.20. The van der Waals surface area contributed by atoms with E-state index in [1.807, 2.05) is 19.9 Å². The minimum absolute atomic E-state index is 0. The van der Waals surface area contributed by atoms with Crippen molar-refractivity contribution in [3.05, 3.63) is 29.1 Å². The van der Waals surface area contributed by atoms with Gasteiger partial charge in [-0.1, -0.05) is 13.8 Å². The van der Waals surface area contributed by atoms with Gasteiger partial charge in [0.15, 0.2) is 11.6 Å². The lowest BCUT2D eigenvalue weighted by atomic mass is 9.95. The normalized spacial score (nSPS) is 11.8. The molecular weight excluding hydrogens is 243 g/mol. The van der Waals surface area contributed by atoms with Crippen molar-refractivity contribution in [2.24, 2.45) is 11.7 Å². The third-order valence-corrected chi connectivity index (χ3v) is 2.35. The Kier molecular flexibility index (Phi) is 5.94. The lowest BCUT2D eigenvalue weighted by Gasteiger charge is -2.16. The van der Waals surface area contributed by atoms with Crippen LogP contribution in [-0.4, -0.2) is 5.11 Å². The second-order valence-corrected chi connectivity index (χ2v) is 4.24. The molecule has 5 heteroatoms. The molecule has 0 aliphatic heterocycles. The smallest absolute Gasteiger partial charge is 0.166 e. The van der Waals surface area contributed by atoms with Crippen molar-refractivity contribution in [1.82, 2.24) is 0 Å². The molecule has 0 radical (unpaired) electrons. The summed E-state index contributed by atoms with van der Waals surface area (Å²) >= 11 is 0. The average molecular weight is 259 g/mol. The number of halogens is 2. The van der Waals surface area contributed by atoms with Gasteiger partial charge in [-0.25, -0.2) is 4.39 Å². The van der Waals surface area contributed by atoms with E-state index in [1.54, 1.807) is 0 Å². The van der Waals surface area contributed by atoms with Crippen LogP contribution in [0.25, 0.3) is 0 Å². The van der Waals surface area contributed by atoms with E-state index >= 15 is 0 Å². The molecule has 0 aromatic heterocycles. The Hall–Kier alpha value is -1.31. The van der Waals surface area contributed by atoms with Gasteiger partial charge in [-0.2, -0.15) is 5.26 Å². The summed E-state index contributed by atoms with van der Waals surface area (Å²) in [4.78, 5) is 0. The van der Waals surface area contributed by atoms with Crippen LogP contribution < -0.4 is 5.73 Å². The third-order valence-electron chi connectivity index (χ3n) is 2.35. The number of rotatable bonds is 3. The summed E-state index contributed by atoms with van der Waals surface area (Å²) in [5, 5.41) is 18.2. The fourth-order valence-corrected chi connectivity index (χ4v) is 1.60. The maximum Gasteiger partial charge on any atom is 0.166 e. The molecule has 0 amide bonds. The van der Waals surface area contributed by atoms with Crippen LogP contribution in [0.5, 0.6) is 5.75 Å². The number of nitrogens with two attached hydrogens (primary N) is 1. The molecule has 0 saturated heterocycles. The lowest BCUT2D eigenvalue weighted by Crippen LogP contribution is -2.13. The molecule has 1 rings (SSSR count). The first-order chi connectivity index (χ1) is 7.45. The summed E-state index contributed by atoms with van der Waals surface area (Å²) in [6, 6.07) is 3.82. The molecule has 0 aliphatic rings. The molecule has 0 bridgehead atoms.